The quantitative estimate of drug-likeness (QED) is 0.383. The van der Waals surface area contributed by atoms with Gasteiger partial charge in [-0.2, -0.15) is 0 Å². The number of anilines is 1. The molecule has 1 atom stereocenters. The molecule has 1 aromatic carbocycles. The van der Waals surface area contributed by atoms with E-state index in [2.05, 4.69) is 5.16 Å². The van der Waals surface area contributed by atoms with Gasteiger partial charge in [0.15, 0.2) is 17.3 Å². The molecule has 0 bridgehead atoms. The van der Waals surface area contributed by atoms with Crippen molar-refractivity contribution in [2.75, 3.05) is 4.90 Å². The lowest BCUT2D eigenvalue weighted by Gasteiger charge is -2.24. The molecule has 1 aliphatic rings. The molecule has 10 heteroatoms. The Balaban J connectivity index is 1.90. The largest absolute Gasteiger partial charge is 0.503 e. The van der Waals surface area contributed by atoms with Crippen LogP contribution in [0.1, 0.15) is 33.7 Å². The lowest BCUT2D eigenvalue weighted by atomic mass is 9.94. The van der Waals surface area contributed by atoms with E-state index in [1.165, 1.54) is 36.4 Å². The van der Waals surface area contributed by atoms with Crippen LogP contribution in [0.5, 0.6) is 0 Å². The number of amides is 1. The van der Waals surface area contributed by atoms with Crippen molar-refractivity contribution in [1.82, 2.24) is 5.16 Å². The van der Waals surface area contributed by atoms with Crippen LogP contribution in [0.3, 0.4) is 0 Å². The summed E-state index contributed by atoms with van der Waals surface area (Å²) in [7, 11) is 0. The first-order valence-electron chi connectivity index (χ1n) is 8.83. The van der Waals surface area contributed by atoms with Gasteiger partial charge in [0, 0.05) is 18.2 Å². The number of nitro benzene ring substituents is 1. The molecule has 0 saturated heterocycles. The predicted molar refractivity (Wildman–Crippen MR) is 102 cm³/mol. The average molecular weight is 409 g/mol. The molecule has 10 nitrogen and oxygen atoms in total. The Morgan fingerprint density at radius 3 is 2.57 bits per heavy atom. The highest BCUT2D eigenvalue weighted by molar-refractivity contribution is 6.20. The first kappa shape index (κ1) is 19.1. The number of ketones is 1. The molecule has 4 rings (SSSR count). The number of nitro groups is 1. The van der Waals surface area contributed by atoms with Gasteiger partial charge in [0.05, 0.1) is 16.5 Å². The van der Waals surface area contributed by atoms with E-state index in [0.29, 0.717) is 11.5 Å². The van der Waals surface area contributed by atoms with Gasteiger partial charge in [-0.25, -0.2) is 0 Å². The number of carbonyl (C=O) groups excluding carboxylic acids is 2. The monoisotopic (exact) mass is 409 g/mol. The van der Waals surface area contributed by atoms with E-state index >= 15 is 0 Å². The van der Waals surface area contributed by atoms with Crippen molar-refractivity contribution >= 4 is 23.2 Å². The molecule has 0 saturated carbocycles. The second kappa shape index (κ2) is 6.99. The third-order valence-electron chi connectivity index (χ3n) is 4.68. The van der Waals surface area contributed by atoms with Crippen molar-refractivity contribution in [3.05, 3.63) is 86.8 Å². The number of carbonyl (C=O) groups is 2. The van der Waals surface area contributed by atoms with Crippen molar-refractivity contribution in [3.8, 4) is 0 Å². The number of aromatic nitrogens is 1. The molecule has 1 aliphatic heterocycles. The Kier molecular flexibility index (Phi) is 4.46. The van der Waals surface area contributed by atoms with E-state index in [4.69, 9.17) is 8.94 Å². The second-order valence-corrected chi connectivity index (χ2v) is 6.73. The number of rotatable bonds is 5. The zero-order valence-electron chi connectivity index (χ0n) is 15.9. The maximum Gasteiger partial charge on any atom is 0.295 e. The van der Waals surface area contributed by atoms with E-state index < -0.39 is 28.4 Å². The summed E-state index contributed by atoms with van der Waals surface area (Å²) in [6, 6.07) is 8.75. The smallest absolute Gasteiger partial charge is 0.295 e. The van der Waals surface area contributed by atoms with Gasteiger partial charge in [-0.15, -0.1) is 0 Å². The number of non-ortho nitro benzene ring substituents is 1. The van der Waals surface area contributed by atoms with E-state index in [9.17, 15) is 24.8 Å². The first-order valence-corrected chi connectivity index (χ1v) is 8.83. The summed E-state index contributed by atoms with van der Waals surface area (Å²) in [5.41, 5.74) is -0.257. The van der Waals surface area contributed by atoms with E-state index in [-0.39, 0.29) is 28.4 Å². The fraction of sp³-hybridized carbons (Fsp3) is 0.150. The number of aliphatic hydroxyl groups is 1. The lowest BCUT2D eigenvalue weighted by molar-refractivity contribution is -0.384. The molecule has 1 amide bonds. The molecular weight excluding hydrogens is 394 g/mol. The van der Waals surface area contributed by atoms with Crippen molar-refractivity contribution < 1.29 is 28.6 Å². The molecule has 2 aromatic heterocycles. The van der Waals surface area contributed by atoms with Gasteiger partial charge < -0.3 is 14.0 Å². The number of nitrogens with zero attached hydrogens (tertiary/aromatic N) is 3. The Hall–Kier alpha value is -4.21. The molecular formula is C20H15N3O7. The Morgan fingerprint density at radius 1 is 1.20 bits per heavy atom. The molecule has 0 radical (unpaired) electrons. The zero-order chi connectivity index (χ0) is 21.6. The van der Waals surface area contributed by atoms with Gasteiger partial charge in [-0.1, -0.05) is 17.3 Å². The average Bonchev–Trinajstić information content (AvgIpc) is 3.40. The number of hydrogen-bond donors (Lipinski definition) is 1. The number of aliphatic hydroxyl groups excluding tert-OH is 1. The van der Waals surface area contributed by atoms with Gasteiger partial charge >= 0.3 is 0 Å². The Bertz CT molecular complexity index is 1220. The van der Waals surface area contributed by atoms with Crippen LogP contribution in [-0.4, -0.2) is 26.9 Å². The summed E-state index contributed by atoms with van der Waals surface area (Å²) in [6.07, 6.45) is 0. The lowest BCUT2D eigenvalue weighted by Crippen LogP contribution is -2.31. The van der Waals surface area contributed by atoms with E-state index in [0.717, 1.165) is 4.90 Å². The highest BCUT2D eigenvalue weighted by atomic mass is 16.6. The van der Waals surface area contributed by atoms with Gasteiger partial charge in [0.1, 0.15) is 11.5 Å². The van der Waals surface area contributed by atoms with Crippen LogP contribution in [-0.2, 0) is 4.79 Å². The number of hydrogen-bond acceptors (Lipinski definition) is 8. The molecule has 3 aromatic rings. The summed E-state index contributed by atoms with van der Waals surface area (Å²) in [4.78, 5) is 37.7. The third kappa shape index (κ3) is 3.04. The predicted octanol–water partition coefficient (Wildman–Crippen LogP) is 3.58. The van der Waals surface area contributed by atoms with Crippen LogP contribution >= 0.6 is 0 Å². The van der Waals surface area contributed by atoms with E-state index in [1.54, 1.807) is 19.9 Å². The minimum Gasteiger partial charge on any atom is -0.503 e. The van der Waals surface area contributed by atoms with Crippen molar-refractivity contribution in [2.24, 2.45) is 0 Å². The number of benzene rings is 1. The molecule has 0 aliphatic carbocycles. The summed E-state index contributed by atoms with van der Waals surface area (Å²) in [5.74, 6) is -1.53. The van der Waals surface area contributed by atoms with Gasteiger partial charge in [-0.05, 0) is 31.5 Å². The van der Waals surface area contributed by atoms with Crippen LogP contribution in [0.25, 0.3) is 0 Å². The summed E-state index contributed by atoms with van der Waals surface area (Å²) in [6.45, 7) is 3.26. The highest BCUT2D eigenvalue weighted by Gasteiger charge is 2.46. The topological polar surface area (TPSA) is 140 Å². The molecule has 0 spiro atoms. The summed E-state index contributed by atoms with van der Waals surface area (Å²) in [5, 5.41) is 25.6. The summed E-state index contributed by atoms with van der Waals surface area (Å²) < 4.78 is 10.4. The fourth-order valence-corrected chi connectivity index (χ4v) is 3.35. The fourth-order valence-electron chi connectivity index (χ4n) is 3.35. The molecule has 0 fully saturated rings. The zero-order valence-corrected chi connectivity index (χ0v) is 15.9. The molecule has 1 N–H and O–H groups in total. The number of furan rings is 1. The van der Waals surface area contributed by atoms with Crippen molar-refractivity contribution in [3.63, 3.8) is 0 Å². The standard InChI is InChI=1S/C20H15N3O7/c1-10-6-7-14(29-10)18(24)16-17(12-4-3-5-13(9-12)23(27)28)22(20(26)19(16)25)15-8-11(2)30-21-15/h3-9,17,25H,1-2H3/t17-/m1/s1. The maximum absolute atomic E-state index is 13.1. The van der Waals surface area contributed by atoms with Gasteiger partial charge in [0.2, 0.25) is 5.78 Å². The Morgan fingerprint density at radius 2 is 1.97 bits per heavy atom. The van der Waals surface area contributed by atoms with Gasteiger partial charge in [0.25, 0.3) is 11.6 Å². The minimum atomic E-state index is -1.17. The molecule has 152 valence electrons. The molecule has 3 heterocycles. The Labute approximate surface area is 169 Å². The SMILES string of the molecule is Cc1cc(N2C(=O)C(O)=C(C(=O)c3ccc(C)o3)[C@H]2c2cccc([N+](=O)[O-])c2)no1. The summed E-state index contributed by atoms with van der Waals surface area (Å²) >= 11 is 0. The van der Waals surface area contributed by atoms with Crippen LogP contribution in [0.15, 0.2) is 62.7 Å². The highest BCUT2D eigenvalue weighted by Crippen LogP contribution is 2.42. The van der Waals surface area contributed by atoms with Crippen LogP contribution in [0, 0.1) is 24.0 Å². The number of Topliss-reactive ketones (excluding diaryl/α,β-unsaturated/α-hetero) is 1. The second-order valence-electron chi connectivity index (χ2n) is 6.73. The van der Waals surface area contributed by atoms with Crippen molar-refractivity contribution in [2.45, 2.75) is 19.9 Å². The molecule has 0 unspecified atom stereocenters. The van der Waals surface area contributed by atoms with Crippen LogP contribution in [0.2, 0.25) is 0 Å². The number of aryl methyl sites for hydroxylation is 2. The van der Waals surface area contributed by atoms with Crippen LogP contribution in [0.4, 0.5) is 11.5 Å². The minimum absolute atomic E-state index is 0.0546. The van der Waals surface area contributed by atoms with E-state index in [1.807, 2.05) is 0 Å². The maximum atomic E-state index is 13.1. The molecule has 30 heavy (non-hydrogen) atoms. The third-order valence-corrected chi connectivity index (χ3v) is 4.68. The van der Waals surface area contributed by atoms with Crippen molar-refractivity contribution in [1.29, 1.82) is 0 Å². The normalized spacial score (nSPS) is 16.4. The first-order chi connectivity index (χ1) is 14.3. The van der Waals surface area contributed by atoms with Crippen LogP contribution < -0.4 is 4.90 Å². The van der Waals surface area contributed by atoms with Gasteiger partial charge in [-0.3, -0.25) is 24.6 Å².